The summed E-state index contributed by atoms with van der Waals surface area (Å²) >= 11 is 3.40. The highest BCUT2D eigenvalue weighted by atomic mass is 79.9. The summed E-state index contributed by atoms with van der Waals surface area (Å²) in [7, 11) is 0. The predicted molar refractivity (Wildman–Crippen MR) is 60.5 cm³/mol. The Kier molecular flexibility index (Phi) is 3.51. The normalized spacial score (nSPS) is 18.4. The van der Waals surface area contributed by atoms with Gasteiger partial charge in [-0.05, 0) is 18.4 Å². The molecule has 2 rings (SSSR count). The Hall–Kier alpha value is -0.440. The van der Waals surface area contributed by atoms with Crippen molar-refractivity contribution in [2.24, 2.45) is 0 Å². The van der Waals surface area contributed by atoms with E-state index in [9.17, 15) is 0 Å². The van der Waals surface area contributed by atoms with Crippen LogP contribution in [0, 0.1) is 0 Å². The summed E-state index contributed by atoms with van der Waals surface area (Å²) in [6.07, 6.45) is 10.5. The fraction of sp³-hybridized carbons (Fsp3) is 0.636. The molecule has 1 saturated carbocycles. The third kappa shape index (κ3) is 2.32. The lowest BCUT2D eigenvalue weighted by molar-refractivity contribution is 0.428. The monoisotopic (exact) mass is 254 g/mol. The van der Waals surface area contributed by atoms with Gasteiger partial charge in [0.05, 0.1) is 0 Å². The largest absolute Gasteiger partial charge is 0.241 e. The van der Waals surface area contributed by atoms with Gasteiger partial charge in [0, 0.05) is 23.6 Å². The Morgan fingerprint density at radius 3 is 2.36 bits per heavy atom. The van der Waals surface area contributed by atoms with Crippen molar-refractivity contribution < 1.29 is 0 Å². The topological polar surface area (TPSA) is 25.8 Å². The van der Waals surface area contributed by atoms with Crippen molar-refractivity contribution >= 4 is 15.9 Å². The molecule has 0 unspecified atom stereocenters. The average Bonchev–Trinajstić information content (AvgIpc) is 2.30. The molecule has 1 aromatic heterocycles. The van der Waals surface area contributed by atoms with Crippen LogP contribution in [-0.2, 0) is 5.33 Å². The van der Waals surface area contributed by atoms with Crippen molar-refractivity contribution in [3.8, 4) is 0 Å². The first-order valence-electron chi connectivity index (χ1n) is 5.27. The summed E-state index contributed by atoms with van der Waals surface area (Å²) in [5.74, 6) is 1.67. The number of hydrogen-bond acceptors (Lipinski definition) is 2. The second-order valence-electron chi connectivity index (χ2n) is 3.92. The van der Waals surface area contributed by atoms with Crippen molar-refractivity contribution in [1.29, 1.82) is 0 Å². The van der Waals surface area contributed by atoms with Crippen LogP contribution < -0.4 is 0 Å². The van der Waals surface area contributed by atoms with E-state index in [4.69, 9.17) is 0 Å². The molecule has 0 aromatic carbocycles. The number of hydrogen-bond donors (Lipinski definition) is 0. The maximum atomic E-state index is 4.43. The van der Waals surface area contributed by atoms with Crippen LogP contribution >= 0.6 is 15.9 Å². The number of aromatic nitrogens is 2. The Bertz CT molecular complexity index is 278. The van der Waals surface area contributed by atoms with Crippen molar-refractivity contribution in [2.45, 2.75) is 43.4 Å². The van der Waals surface area contributed by atoms with Crippen LogP contribution in [0.3, 0.4) is 0 Å². The van der Waals surface area contributed by atoms with Gasteiger partial charge < -0.3 is 0 Å². The summed E-state index contributed by atoms with van der Waals surface area (Å²) in [5, 5.41) is 0.845. The third-order valence-corrected chi connectivity index (χ3v) is 3.50. The summed E-state index contributed by atoms with van der Waals surface area (Å²) in [4.78, 5) is 8.86. The van der Waals surface area contributed by atoms with Gasteiger partial charge in [-0.2, -0.15) is 0 Å². The predicted octanol–water partition coefficient (Wildman–Crippen LogP) is 3.42. The molecule has 1 aromatic rings. The van der Waals surface area contributed by atoms with Crippen LogP contribution in [0.2, 0.25) is 0 Å². The second-order valence-corrected chi connectivity index (χ2v) is 4.48. The minimum Gasteiger partial charge on any atom is -0.241 e. The second kappa shape index (κ2) is 4.87. The zero-order valence-corrected chi connectivity index (χ0v) is 9.83. The average molecular weight is 255 g/mol. The van der Waals surface area contributed by atoms with E-state index in [0.29, 0.717) is 5.92 Å². The Balaban J connectivity index is 2.07. The molecule has 2 nitrogen and oxygen atoms in total. The Morgan fingerprint density at radius 1 is 1.14 bits per heavy atom. The number of halogens is 1. The van der Waals surface area contributed by atoms with Crippen LogP contribution in [0.25, 0.3) is 0 Å². The Morgan fingerprint density at radius 2 is 1.79 bits per heavy atom. The first kappa shape index (κ1) is 10.1. The molecule has 1 fully saturated rings. The lowest BCUT2D eigenvalue weighted by Crippen LogP contribution is -2.08. The van der Waals surface area contributed by atoms with E-state index in [0.717, 1.165) is 16.7 Å². The zero-order chi connectivity index (χ0) is 9.80. The molecule has 0 N–H and O–H groups in total. The lowest BCUT2D eigenvalue weighted by atomic mass is 9.89. The van der Waals surface area contributed by atoms with Crippen LogP contribution in [-0.4, -0.2) is 9.97 Å². The summed E-state index contributed by atoms with van der Waals surface area (Å²) in [6, 6.07) is 0. The minimum absolute atomic E-state index is 0.619. The first-order chi connectivity index (χ1) is 6.90. The zero-order valence-electron chi connectivity index (χ0n) is 8.25. The van der Waals surface area contributed by atoms with E-state index in [-0.39, 0.29) is 0 Å². The van der Waals surface area contributed by atoms with Gasteiger partial charge in [0.15, 0.2) is 0 Å². The maximum absolute atomic E-state index is 4.43. The fourth-order valence-corrected chi connectivity index (χ4v) is 2.29. The highest BCUT2D eigenvalue weighted by Crippen LogP contribution is 2.30. The summed E-state index contributed by atoms with van der Waals surface area (Å²) in [6.45, 7) is 0. The van der Waals surface area contributed by atoms with E-state index in [2.05, 4.69) is 25.9 Å². The molecule has 1 aliphatic carbocycles. The third-order valence-electron chi connectivity index (χ3n) is 2.85. The number of alkyl halides is 1. The van der Waals surface area contributed by atoms with Gasteiger partial charge in [0.25, 0.3) is 0 Å². The SMILES string of the molecule is BrCc1cnc(C2CCCCC2)nc1. The molecular weight excluding hydrogens is 240 g/mol. The molecular formula is C11H15BrN2. The molecule has 0 saturated heterocycles. The maximum Gasteiger partial charge on any atom is 0.131 e. The molecule has 3 heteroatoms. The van der Waals surface area contributed by atoms with Crippen LogP contribution in [0.1, 0.15) is 49.4 Å². The van der Waals surface area contributed by atoms with E-state index >= 15 is 0 Å². The van der Waals surface area contributed by atoms with Gasteiger partial charge in [-0.1, -0.05) is 35.2 Å². The molecule has 0 spiro atoms. The molecule has 76 valence electrons. The van der Waals surface area contributed by atoms with Crippen LogP contribution in [0.15, 0.2) is 12.4 Å². The molecule has 0 radical (unpaired) electrons. The molecule has 0 bridgehead atoms. The highest BCUT2D eigenvalue weighted by molar-refractivity contribution is 9.08. The lowest BCUT2D eigenvalue weighted by Gasteiger charge is -2.19. The minimum atomic E-state index is 0.619. The molecule has 0 aliphatic heterocycles. The molecule has 14 heavy (non-hydrogen) atoms. The van der Waals surface area contributed by atoms with Gasteiger partial charge in [-0.3, -0.25) is 0 Å². The first-order valence-corrected chi connectivity index (χ1v) is 6.39. The van der Waals surface area contributed by atoms with Gasteiger partial charge in [0.2, 0.25) is 0 Å². The van der Waals surface area contributed by atoms with Gasteiger partial charge >= 0.3 is 0 Å². The summed E-state index contributed by atoms with van der Waals surface area (Å²) in [5.41, 5.74) is 1.16. The Labute approximate surface area is 93.3 Å². The number of nitrogens with zero attached hydrogens (tertiary/aromatic N) is 2. The van der Waals surface area contributed by atoms with E-state index in [1.54, 1.807) is 0 Å². The molecule has 0 amide bonds. The van der Waals surface area contributed by atoms with E-state index in [1.165, 1.54) is 32.1 Å². The number of rotatable bonds is 2. The van der Waals surface area contributed by atoms with Gasteiger partial charge in [0.1, 0.15) is 5.82 Å². The van der Waals surface area contributed by atoms with Crippen molar-refractivity contribution in [1.82, 2.24) is 9.97 Å². The quantitative estimate of drug-likeness (QED) is 0.757. The summed E-state index contributed by atoms with van der Waals surface area (Å²) < 4.78 is 0. The van der Waals surface area contributed by atoms with E-state index < -0.39 is 0 Å². The molecule has 0 atom stereocenters. The smallest absolute Gasteiger partial charge is 0.131 e. The van der Waals surface area contributed by atoms with Crippen molar-refractivity contribution in [3.63, 3.8) is 0 Å². The van der Waals surface area contributed by atoms with Crippen LogP contribution in [0.5, 0.6) is 0 Å². The van der Waals surface area contributed by atoms with Crippen molar-refractivity contribution in [2.75, 3.05) is 0 Å². The van der Waals surface area contributed by atoms with Crippen LogP contribution in [0.4, 0.5) is 0 Å². The molecule has 1 aliphatic rings. The fourth-order valence-electron chi connectivity index (χ4n) is 2.01. The standard InChI is InChI=1S/C11H15BrN2/c12-6-9-7-13-11(14-8-9)10-4-2-1-3-5-10/h7-8,10H,1-6H2. The molecule has 1 heterocycles. The van der Waals surface area contributed by atoms with Crippen molar-refractivity contribution in [3.05, 3.63) is 23.8 Å². The van der Waals surface area contributed by atoms with Gasteiger partial charge in [-0.15, -0.1) is 0 Å². The highest BCUT2D eigenvalue weighted by Gasteiger charge is 2.17. The van der Waals surface area contributed by atoms with Gasteiger partial charge in [-0.25, -0.2) is 9.97 Å². The van der Waals surface area contributed by atoms with E-state index in [1.807, 2.05) is 12.4 Å².